The molecular weight excluding hydrogens is 444 g/mol. The number of aryl methyl sites for hydroxylation is 4. The second-order valence-electron chi connectivity index (χ2n) is 8.73. The molecule has 0 bridgehead atoms. The third-order valence-electron chi connectivity index (χ3n) is 5.63. The molecule has 0 atom stereocenters. The molecule has 176 valence electrons. The summed E-state index contributed by atoms with van der Waals surface area (Å²) in [4.78, 5) is 22.6. The zero-order chi connectivity index (χ0) is 25.3. The van der Waals surface area contributed by atoms with Gasteiger partial charge in [0, 0.05) is 12.1 Å². The molecule has 0 aliphatic heterocycles. The zero-order valence-electron chi connectivity index (χ0n) is 19.9. The van der Waals surface area contributed by atoms with Crippen LogP contribution in [-0.2, 0) is 0 Å². The molecule has 0 amide bonds. The van der Waals surface area contributed by atoms with Crippen molar-refractivity contribution in [2.75, 3.05) is 0 Å². The van der Waals surface area contributed by atoms with Gasteiger partial charge in [0.05, 0.1) is 21.0 Å². The molecule has 7 nitrogen and oxygen atoms in total. The van der Waals surface area contributed by atoms with Crippen LogP contribution in [0.2, 0.25) is 0 Å². The molecule has 0 radical (unpaired) electrons. The molecule has 0 aromatic heterocycles. The average Bonchev–Trinajstić information content (AvgIpc) is 2.77. The van der Waals surface area contributed by atoms with Crippen LogP contribution >= 0.6 is 0 Å². The molecule has 7 heteroatoms. The van der Waals surface area contributed by atoms with E-state index in [9.17, 15) is 20.2 Å². The van der Waals surface area contributed by atoms with Crippen molar-refractivity contribution in [3.05, 3.63) is 115 Å². The van der Waals surface area contributed by atoms with Crippen molar-refractivity contribution in [3.8, 4) is 33.8 Å². The van der Waals surface area contributed by atoms with E-state index in [1.54, 1.807) is 12.1 Å². The maximum atomic E-state index is 11.7. The molecule has 4 aromatic carbocycles. The van der Waals surface area contributed by atoms with E-state index in [1.807, 2.05) is 64.1 Å². The van der Waals surface area contributed by atoms with Crippen LogP contribution in [-0.4, -0.2) is 9.85 Å². The van der Waals surface area contributed by atoms with E-state index < -0.39 is 9.85 Å². The first kappa shape index (κ1) is 23.6. The van der Waals surface area contributed by atoms with Crippen LogP contribution in [0.4, 0.5) is 11.4 Å². The molecule has 0 aliphatic rings. The monoisotopic (exact) mass is 468 g/mol. The lowest BCUT2D eigenvalue weighted by atomic mass is 9.98. The van der Waals surface area contributed by atoms with Crippen LogP contribution in [0.15, 0.2) is 72.8 Å². The quantitative estimate of drug-likeness (QED) is 0.212. The summed E-state index contributed by atoms with van der Waals surface area (Å²) in [7, 11) is 0. The van der Waals surface area contributed by atoms with Crippen molar-refractivity contribution in [1.82, 2.24) is 0 Å². The number of nitro benzene ring substituents is 2. The fourth-order valence-electron chi connectivity index (χ4n) is 4.33. The van der Waals surface area contributed by atoms with Crippen molar-refractivity contribution in [1.29, 1.82) is 0 Å². The van der Waals surface area contributed by atoms with Gasteiger partial charge in [-0.2, -0.15) is 0 Å². The summed E-state index contributed by atoms with van der Waals surface area (Å²) in [6.45, 7) is 7.75. The Balaban J connectivity index is 1.79. The first-order chi connectivity index (χ1) is 16.6. The summed E-state index contributed by atoms with van der Waals surface area (Å²) in [5.74, 6) is 0.787. The maximum Gasteiger partial charge on any atom is 0.277 e. The van der Waals surface area contributed by atoms with Gasteiger partial charge in [0.15, 0.2) is 0 Å². The Morgan fingerprint density at radius 2 is 0.886 bits per heavy atom. The van der Waals surface area contributed by atoms with Gasteiger partial charge in [-0.15, -0.1) is 0 Å². The standard InChI is InChI=1S/C28H24N2O5/c1-17-9-18(2)12-21(11-17)25-15-23(5-7-27(25)29(31)32)35-24-6-8-28(30(33)34)26(16-24)22-13-19(3)10-20(4)14-22/h5-16H,1-4H3. The topological polar surface area (TPSA) is 95.5 Å². The van der Waals surface area contributed by atoms with E-state index in [0.29, 0.717) is 22.6 Å². The number of nitro groups is 2. The number of rotatable bonds is 6. The summed E-state index contributed by atoms with van der Waals surface area (Å²) in [5, 5.41) is 23.4. The van der Waals surface area contributed by atoms with Crippen molar-refractivity contribution in [2.24, 2.45) is 0 Å². The van der Waals surface area contributed by atoms with Gasteiger partial charge in [-0.25, -0.2) is 0 Å². The van der Waals surface area contributed by atoms with E-state index in [0.717, 1.165) is 33.4 Å². The summed E-state index contributed by atoms with van der Waals surface area (Å²) >= 11 is 0. The molecule has 0 saturated carbocycles. The van der Waals surface area contributed by atoms with Crippen LogP contribution in [0.1, 0.15) is 22.3 Å². The highest BCUT2D eigenvalue weighted by atomic mass is 16.6. The fourth-order valence-corrected chi connectivity index (χ4v) is 4.33. The van der Waals surface area contributed by atoms with E-state index >= 15 is 0 Å². The largest absolute Gasteiger partial charge is 0.457 e. The van der Waals surface area contributed by atoms with Crippen LogP contribution in [0, 0.1) is 47.9 Å². The van der Waals surface area contributed by atoms with Crippen molar-refractivity contribution in [3.63, 3.8) is 0 Å². The second kappa shape index (κ2) is 9.38. The Morgan fingerprint density at radius 1 is 0.543 bits per heavy atom. The third-order valence-corrected chi connectivity index (χ3v) is 5.63. The average molecular weight is 469 g/mol. The van der Waals surface area contributed by atoms with Crippen molar-refractivity contribution >= 4 is 11.4 Å². The molecule has 0 unspecified atom stereocenters. The van der Waals surface area contributed by atoms with Crippen LogP contribution in [0.25, 0.3) is 22.3 Å². The van der Waals surface area contributed by atoms with Crippen molar-refractivity contribution < 1.29 is 14.6 Å². The molecule has 4 aromatic rings. The molecule has 35 heavy (non-hydrogen) atoms. The number of hydrogen-bond donors (Lipinski definition) is 0. The van der Waals surface area contributed by atoms with Crippen LogP contribution < -0.4 is 4.74 Å². The third kappa shape index (κ3) is 5.19. The first-order valence-electron chi connectivity index (χ1n) is 11.0. The van der Waals surface area contributed by atoms with Gasteiger partial charge in [0.25, 0.3) is 11.4 Å². The lowest BCUT2D eigenvalue weighted by Gasteiger charge is -2.12. The normalized spacial score (nSPS) is 10.7. The molecule has 0 aliphatic carbocycles. The Labute approximate surface area is 202 Å². The Bertz CT molecular complexity index is 1330. The van der Waals surface area contributed by atoms with Gasteiger partial charge in [-0.05, 0) is 63.1 Å². The van der Waals surface area contributed by atoms with E-state index in [-0.39, 0.29) is 11.4 Å². The summed E-state index contributed by atoms with van der Waals surface area (Å²) in [6, 6.07) is 20.7. The molecule has 4 rings (SSSR count). The Morgan fingerprint density at radius 3 is 1.20 bits per heavy atom. The molecule has 0 N–H and O–H groups in total. The van der Waals surface area contributed by atoms with Gasteiger partial charge in [0.2, 0.25) is 0 Å². The highest BCUT2D eigenvalue weighted by Gasteiger charge is 2.20. The van der Waals surface area contributed by atoms with Gasteiger partial charge >= 0.3 is 0 Å². The molecule has 0 fully saturated rings. The Hall–Kier alpha value is -4.52. The predicted molar refractivity (Wildman–Crippen MR) is 136 cm³/mol. The fraction of sp³-hybridized carbons (Fsp3) is 0.143. The predicted octanol–water partition coefficient (Wildman–Crippen LogP) is 7.86. The lowest BCUT2D eigenvalue weighted by Crippen LogP contribution is -1.96. The zero-order valence-corrected chi connectivity index (χ0v) is 19.9. The SMILES string of the molecule is Cc1cc(C)cc(-c2cc(Oc3ccc([N+](=O)[O-])c(-c4cc(C)cc(C)c4)c3)ccc2[N+](=O)[O-])c1. The van der Waals surface area contributed by atoms with Gasteiger partial charge < -0.3 is 4.74 Å². The number of ether oxygens (including phenoxy) is 1. The molecular formula is C28H24N2O5. The minimum atomic E-state index is -0.416. The van der Waals surface area contributed by atoms with Gasteiger partial charge in [-0.1, -0.05) is 58.7 Å². The number of benzene rings is 4. The minimum absolute atomic E-state index is 0.0259. The summed E-state index contributed by atoms with van der Waals surface area (Å²) in [6.07, 6.45) is 0. The number of hydrogen-bond acceptors (Lipinski definition) is 5. The minimum Gasteiger partial charge on any atom is -0.457 e. The van der Waals surface area contributed by atoms with Crippen LogP contribution in [0.5, 0.6) is 11.5 Å². The first-order valence-corrected chi connectivity index (χ1v) is 11.0. The highest BCUT2D eigenvalue weighted by molar-refractivity contribution is 5.77. The highest BCUT2D eigenvalue weighted by Crippen LogP contribution is 2.38. The second-order valence-corrected chi connectivity index (χ2v) is 8.73. The number of nitrogens with zero attached hydrogens (tertiary/aromatic N) is 2. The van der Waals surface area contributed by atoms with E-state index in [4.69, 9.17) is 4.74 Å². The molecule has 0 spiro atoms. The summed E-state index contributed by atoms with van der Waals surface area (Å²) in [5.41, 5.74) is 6.25. The van der Waals surface area contributed by atoms with Gasteiger partial charge in [-0.3, -0.25) is 20.2 Å². The summed E-state index contributed by atoms with van der Waals surface area (Å²) < 4.78 is 6.05. The van der Waals surface area contributed by atoms with Gasteiger partial charge in [0.1, 0.15) is 11.5 Å². The van der Waals surface area contributed by atoms with Crippen molar-refractivity contribution in [2.45, 2.75) is 27.7 Å². The smallest absolute Gasteiger partial charge is 0.277 e. The van der Waals surface area contributed by atoms with Crippen LogP contribution in [0.3, 0.4) is 0 Å². The lowest BCUT2D eigenvalue weighted by molar-refractivity contribution is -0.384. The van der Waals surface area contributed by atoms with E-state index in [2.05, 4.69) is 0 Å². The molecule has 0 heterocycles. The van der Waals surface area contributed by atoms with E-state index in [1.165, 1.54) is 24.3 Å². The Kier molecular flexibility index (Phi) is 6.34. The maximum absolute atomic E-state index is 11.7. The molecule has 0 saturated heterocycles.